The summed E-state index contributed by atoms with van der Waals surface area (Å²) in [5, 5.41) is 8.55. The van der Waals surface area contributed by atoms with E-state index < -0.39 is 5.97 Å². The number of rotatable bonds is 2. The van der Waals surface area contributed by atoms with Crippen LogP contribution in [0.4, 0.5) is 0 Å². The van der Waals surface area contributed by atoms with Gasteiger partial charge >= 0.3 is 5.97 Å². The zero-order chi connectivity index (χ0) is 9.19. The fourth-order valence-electron chi connectivity index (χ4n) is 1.44. The lowest BCUT2D eigenvalue weighted by Gasteiger charge is -2.37. The number of hydrogen-bond acceptors (Lipinski definition) is 3. The molecule has 0 amide bonds. The average Bonchev–Trinajstić information content (AvgIpc) is 1.82. The maximum Gasteiger partial charge on any atom is 0.317 e. The van der Waals surface area contributed by atoms with Crippen molar-refractivity contribution in [3.05, 3.63) is 0 Å². The molecule has 1 heterocycles. The predicted molar refractivity (Wildman–Crippen MR) is 44.1 cm³/mol. The van der Waals surface area contributed by atoms with Crippen LogP contribution in [0.15, 0.2) is 0 Å². The lowest BCUT2D eigenvalue weighted by Crippen LogP contribution is -2.49. The van der Waals surface area contributed by atoms with Crippen LogP contribution >= 0.6 is 0 Å². The summed E-state index contributed by atoms with van der Waals surface area (Å²) in [5.74, 6) is -0.771. The zero-order valence-corrected chi connectivity index (χ0v) is 7.54. The van der Waals surface area contributed by atoms with E-state index in [9.17, 15) is 4.79 Å². The maximum absolute atomic E-state index is 10.4. The first-order valence-electron chi connectivity index (χ1n) is 4.08. The van der Waals surface area contributed by atoms with Crippen molar-refractivity contribution in [1.29, 1.82) is 0 Å². The highest BCUT2D eigenvalue weighted by atomic mass is 16.5. The summed E-state index contributed by atoms with van der Waals surface area (Å²) in [4.78, 5) is 12.3. The van der Waals surface area contributed by atoms with Gasteiger partial charge in [0.25, 0.3) is 0 Å². The van der Waals surface area contributed by atoms with E-state index in [1.54, 1.807) is 0 Å². The molecule has 1 fully saturated rings. The van der Waals surface area contributed by atoms with E-state index in [1.165, 1.54) is 0 Å². The molecule has 0 spiro atoms. The molecule has 0 aromatic carbocycles. The minimum Gasteiger partial charge on any atom is -0.480 e. The first-order chi connectivity index (χ1) is 5.49. The molecule has 0 aromatic heterocycles. The van der Waals surface area contributed by atoms with Gasteiger partial charge in [0.15, 0.2) is 0 Å². The quantitative estimate of drug-likeness (QED) is 0.647. The first kappa shape index (κ1) is 9.48. The molecule has 12 heavy (non-hydrogen) atoms. The van der Waals surface area contributed by atoms with Gasteiger partial charge in [-0.05, 0) is 13.8 Å². The monoisotopic (exact) mass is 173 g/mol. The second-order valence-electron chi connectivity index (χ2n) is 3.71. The van der Waals surface area contributed by atoms with Crippen LogP contribution in [0.3, 0.4) is 0 Å². The molecule has 0 bridgehead atoms. The highest BCUT2D eigenvalue weighted by molar-refractivity contribution is 5.69. The largest absolute Gasteiger partial charge is 0.480 e. The SMILES string of the molecule is CC1(C)CN(CC(=O)O)CCO1. The van der Waals surface area contributed by atoms with Gasteiger partial charge in [0, 0.05) is 13.1 Å². The van der Waals surface area contributed by atoms with Gasteiger partial charge in [-0.25, -0.2) is 0 Å². The Kier molecular flexibility index (Phi) is 2.69. The third-order valence-electron chi connectivity index (χ3n) is 1.86. The predicted octanol–water partition coefficient (Wildman–Crippen LogP) is 0.182. The van der Waals surface area contributed by atoms with E-state index in [-0.39, 0.29) is 12.1 Å². The third-order valence-corrected chi connectivity index (χ3v) is 1.86. The second kappa shape index (κ2) is 3.41. The zero-order valence-electron chi connectivity index (χ0n) is 7.54. The molecule has 70 valence electrons. The van der Waals surface area contributed by atoms with Crippen molar-refractivity contribution in [1.82, 2.24) is 4.90 Å². The molecule has 0 radical (unpaired) electrons. The van der Waals surface area contributed by atoms with Gasteiger partial charge in [0.05, 0.1) is 18.8 Å². The molecule has 1 N–H and O–H groups in total. The van der Waals surface area contributed by atoms with Crippen molar-refractivity contribution >= 4 is 5.97 Å². The molecule has 0 aliphatic carbocycles. The molecule has 4 heteroatoms. The Morgan fingerprint density at radius 3 is 2.83 bits per heavy atom. The Balaban J connectivity index is 2.41. The van der Waals surface area contributed by atoms with Gasteiger partial charge in [-0.1, -0.05) is 0 Å². The number of ether oxygens (including phenoxy) is 1. The van der Waals surface area contributed by atoms with Crippen LogP contribution in [0.5, 0.6) is 0 Å². The fraction of sp³-hybridized carbons (Fsp3) is 0.875. The topological polar surface area (TPSA) is 49.8 Å². The molecular formula is C8H15NO3. The molecule has 0 atom stereocenters. The number of hydrogen-bond donors (Lipinski definition) is 1. The molecule has 0 saturated carbocycles. The van der Waals surface area contributed by atoms with E-state index >= 15 is 0 Å². The molecular weight excluding hydrogens is 158 g/mol. The van der Waals surface area contributed by atoms with Gasteiger partial charge < -0.3 is 9.84 Å². The molecule has 1 aliphatic heterocycles. The summed E-state index contributed by atoms with van der Waals surface area (Å²) in [5.41, 5.74) is -0.201. The van der Waals surface area contributed by atoms with E-state index in [4.69, 9.17) is 9.84 Å². The summed E-state index contributed by atoms with van der Waals surface area (Å²) < 4.78 is 5.44. The van der Waals surface area contributed by atoms with Crippen molar-refractivity contribution in [2.75, 3.05) is 26.2 Å². The van der Waals surface area contributed by atoms with E-state index in [0.717, 1.165) is 6.54 Å². The average molecular weight is 173 g/mol. The summed E-state index contributed by atoms with van der Waals surface area (Å²) in [6.45, 7) is 6.10. The number of carboxylic acids is 1. The maximum atomic E-state index is 10.4. The first-order valence-corrected chi connectivity index (χ1v) is 4.08. The number of nitrogens with zero attached hydrogens (tertiary/aromatic N) is 1. The van der Waals surface area contributed by atoms with E-state index in [2.05, 4.69) is 0 Å². The third kappa shape index (κ3) is 2.79. The molecule has 1 aliphatic rings. The van der Waals surface area contributed by atoms with Crippen LogP contribution in [-0.4, -0.2) is 47.8 Å². The van der Waals surface area contributed by atoms with Crippen molar-refractivity contribution in [3.8, 4) is 0 Å². The second-order valence-corrected chi connectivity index (χ2v) is 3.71. The standard InChI is InChI=1S/C8H15NO3/c1-8(2)6-9(3-4-12-8)5-7(10)11/h3-6H2,1-2H3,(H,10,11). The lowest BCUT2D eigenvalue weighted by atomic mass is 10.1. The Labute approximate surface area is 72.1 Å². The van der Waals surface area contributed by atoms with E-state index in [0.29, 0.717) is 13.2 Å². The lowest BCUT2D eigenvalue weighted by molar-refractivity contribution is -0.142. The van der Waals surface area contributed by atoms with Crippen LogP contribution in [-0.2, 0) is 9.53 Å². The van der Waals surface area contributed by atoms with Crippen molar-refractivity contribution < 1.29 is 14.6 Å². The van der Waals surface area contributed by atoms with E-state index in [1.807, 2.05) is 18.7 Å². The van der Waals surface area contributed by atoms with Gasteiger partial charge in [0.2, 0.25) is 0 Å². The summed E-state index contributed by atoms with van der Waals surface area (Å²) in [6, 6.07) is 0. The molecule has 1 saturated heterocycles. The normalized spacial score (nSPS) is 23.8. The van der Waals surface area contributed by atoms with Crippen molar-refractivity contribution in [2.24, 2.45) is 0 Å². The van der Waals surface area contributed by atoms with Crippen LogP contribution in [0, 0.1) is 0 Å². The van der Waals surface area contributed by atoms with Crippen LogP contribution in [0.2, 0.25) is 0 Å². The Morgan fingerprint density at radius 2 is 2.33 bits per heavy atom. The Morgan fingerprint density at radius 1 is 1.67 bits per heavy atom. The van der Waals surface area contributed by atoms with Crippen LogP contribution < -0.4 is 0 Å². The number of morpholine rings is 1. The fourth-order valence-corrected chi connectivity index (χ4v) is 1.44. The number of carboxylic acid groups (broad SMARTS) is 1. The Hall–Kier alpha value is -0.610. The number of carbonyl (C=O) groups is 1. The smallest absolute Gasteiger partial charge is 0.317 e. The summed E-state index contributed by atoms with van der Waals surface area (Å²) in [6.07, 6.45) is 0. The minimum atomic E-state index is -0.771. The summed E-state index contributed by atoms with van der Waals surface area (Å²) in [7, 11) is 0. The van der Waals surface area contributed by atoms with Gasteiger partial charge in [-0.3, -0.25) is 9.69 Å². The summed E-state index contributed by atoms with van der Waals surface area (Å²) >= 11 is 0. The Bertz CT molecular complexity index is 179. The molecule has 4 nitrogen and oxygen atoms in total. The molecule has 0 aromatic rings. The number of aliphatic carboxylic acids is 1. The molecule has 0 unspecified atom stereocenters. The highest BCUT2D eigenvalue weighted by Gasteiger charge is 2.27. The molecule has 1 rings (SSSR count). The highest BCUT2D eigenvalue weighted by Crippen LogP contribution is 2.15. The van der Waals surface area contributed by atoms with Gasteiger partial charge in [-0.15, -0.1) is 0 Å². The minimum absolute atomic E-state index is 0.118. The van der Waals surface area contributed by atoms with Gasteiger partial charge in [-0.2, -0.15) is 0 Å². The van der Waals surface area contributed by atoms with Crippen molar-refractivity contribution in [3.63, 3.8) is 0 Å². The van der Waals surface area contributed by atoms with Gasteiger partial charge in [0.1, 0.15) is 0 Å². The van der Waals surface area contributed by atoms with Crippen LogP contribution in [0.1, 0.15) is 13.8 Å². The van der Waals surface area contributed by atoms with Crippen LogP contribution in [0.25, 0.3) is 0 Å². The van der Waals surface area contributed by atoms with Crippen molar-refractivity contribution in [2.45, 2.75) is 19.4 Å².